The Labute approximate surface area is 167 Å². The second-order valence-electron chi connectivity index (χ2n) is 6.26. The molecule has 0 bridgehead atoms. The van der Waals surface area contributed by atoms with Crippen molar-refractivity contribution in [2.24, 2.45) is 20.7 Å². The number of nitrogens with two attached hydrogens (primary N) is 1. The summed E-state index contributed by atoms with van der Waals surface area (Å²) < 4.78 is 0. The van der Waals surface area contributed by atoms with E-state index in [-0.39, 0.29) is 22.9 Å². The van der Waals surface area contributed by atoms with E-state index in [1.54, 1.807) is 12.1 Å². The number of carboxylic acids is 1. The Morgan fingerprint density at radius 2 is 1.90 bits per heavy atom. The van der Waals surface area contributed by atoms with Crippen molar-refractivity contribution in [3.63, 3.8) is 0 Å². The first-order valence-corrected chi connectivity index (χ1v) is 8.93. The lowest BCUT2D eigenvalue weighted by Crippen LogP contribution is -2.17. The predicted molar refractivity (Wildman–Crippen MR) is 115 cm³/mol. The fourth-order valence-corrected chi connectivity index (χ4v) is 2.96. The van der Waals surface area contributed by atoms with Crippen molar-refractivity contribution in [1.82, 2.24) is 0 Å². The second-order valence-corrected chi connectivity index (χ2v) is 6.26. The van der Waals surface area contributed by atoms with Gasteiger partial charge in [-0.15, -0.1) is 0 Å². The number of anilines is 1. The number of carbonyl (C=O) groups is 1. The van der Waals surface area contributed by atoms with Crippen molar-refractivity contribution in [1.29, 1.82) is 0 Å². The lowest BCUT2D eigenvalue weighted by atomic mass is 10.1. The zero-order valence-electron chi connectivity index (χ0n) is 15.9. The number of carboxylic acid groups (broad SMARTS) is 1. The molecule has 0 radical (unpaired) electrons. The third-order valence-electron chi connectivity index (χ3n) is 4.39. The first kappa shape index (κ1) is 19.8. The molecule has 2 aromatic carbocycles. The average molecular weight is 391 g/mol. The maximum atomic E-state index is 11.0. The Balaban J connectivity index is 1.93. The molecule has 0 unspecified atom stereocenters. The molecule has 5 N–H and O–H groups in total. The van der Waals surface area contributed by atoms with E-state index < -0.39 is 5.97 Å². The molecular formula is C21H21N5O3. The molecule has 0 fully saturated rings. The lowest BCUT2D eigenvalue weighted by molar-refractivity contribution is 0.0697. The molecule has 0 spiro atoms. The summed E-state index contributed by atoms with van der Waals surface area (Å²) in [5.74, 6) is -0.487. The zero-order valence-corrected chi connectivity index (χ0v) is 15.9. The van der Waals surface area contributed by atoms with Crippen molar-refractivity contribution >= 4 is 35.7 Å². The summed E-state index contributed by atoms with van der Waals surface area (Å²) in [6.45, 7) is 6.30. The van der Waals surface area contributed by atoms with Crippen LogP contribution in [0, 0.1) is 0 Å². The Kier molecular flexibility index (Phi) is 5.73. The van der Waals surface area contributed by atoms with Gasteiger partial charge in [0.2, 0.25) is 0 Å². The molecule has 1 aliphatic heterocycles. The number of rotatable bonds is 6. The maximum absolute atomic E-state index is 11.0. The van der Waals surface area contributed by atoms with Crippen LogP contribution < -0.4 is 11.1 Å². The summed E-state index contributed by atoms with van der Waals surface area (Å²) in [7, 11) is 0. The Bertz CT molecular complexity index is 1050. The second kappa shape index (κ2) is 8.39. The number of aliphatic hydroxyl groups excluding tert-OH is 1. The highest BCUT2D eigenvalue weighted by Gasteiger charge is 2.17. The molecular weight excluding hydrogens is 370 g/mol. The van der Waals surface area contributed by atoms with Gasteiger partial charge in [0.25, 0.3) is 0 Å². The van der Waals surface area contributed by atoms with Crippen LogP contribution in [-0.2, 0) is 6.54 Å². The molecule has 29 heavy (non-hydrogen) atoms. The zero-order chi connectivity index (χ0) is 21.0. The third-order valence-corrected chi connectivity index (χ3v) is 4.39. The summed E-state index contributed by atoms with van der Waals surface area (Å²) in [6, 6.07) is 11.6. The SMILES string of the molecule is C=N/C(=C(/O)C(=NCC)Nc1ccc2c(c1)CN=C2N)c1ccc(C(=O)O)cc1. The number of amidine groups is 2. The van der Waals surface area contributed by atoms with Gasteiger partial charge in [0.15, 0.2) is 11.6 Å². The summed E-state index contributed by atoms with van der Waals surface area (Å²) in [4.78, 5) is 23.5. The molecule has 2 aromatic rings. The first-order valence-electron chi connectivity index (χ1n) is 8.93. The van der Waals surface area contributed by atoms with Crippen molar-refractivity contribution < 1.29 is 15.0 Å². The van der Waals surface area contributed by atoms with Gasteiger partial charge in [-0.2, -0.15) is 0 Å². The van der Waals surface area contributed by atoms with E-state index in [4.69, 9.17) is 10.8 Å². The van der Waals surface area contributed by atoms with Crippen LogP contribution in [0.1, 0.15) is 34.0 Å². The molecule has 3 rings (SSSR count). The van der Waals surface area contributed by atoms with Crippen LogP contribution in [0.4, 0.5) is 5.69 Å². The van der Waals surface area contributed by atoms with Crippen LogP contribution in [0.3, 0.4) is 0 Å². The van der Waals surface area contributed by atoms with Crippen molar-refractivity contribution in [2.45, 2.75) is 13.5 Å². The number of hydrogen-bond acceptors (Lipinski definition) is 6. The molecule has 148 valence electrons. The molecule has 1 heterocycles. The number of benzene rings is 2. The third kappa shape index (κ3) is 4.16. The molecule has 0 aromatic heterocycles. The van der Waals surface area contributed by atoms with E-state index in [2.05, 4.69) is 27.0 Å². The molecule has 1 aliphatic rings. The fraction of sp³-hybridized carbons (Fsp3) is 0.143. The van der Waals surface area contributed by atoms with E-state index in [0.29, 0.717) is 24.5 Å². The van der Waals surface area contributed by atoms with Gasteiger partial charge in [-0.1, -0.05) is 12.1 Å². The van der Waals surface area contributed by atoms with Gasteiger partial charge in [0.05, 0.1) is 12.1 Å². The predicted octanol–water partition coefficient (Wildman–Crippen LogP) is 3.06. The largest absolute Gasteiger partial charge is 0.503 e. The van der Waals surface area contributed by atoms with Crippen LogP contribution in [-0.4, -0.2) is 41.1 Å². The summed E-state index contributed by atoms with van der Waals surface area (Å²) >= 11 is 0. The topological polar surface area (TPSA) is 133 Å². The highest BCUT2D eigenvalue weighted by atomic mass is 16.4. The number of aromatic carboxylic acids is 1. The minimum atomic E-state index is -1.03. The number of nitrogens with one attached hydrogen (secondary N) is 1. The minimum Gasteiger partial charge on any atom is -0.503 e. The molecule has 0 saturated carbocycles. The summed E-state index contributed by atoms with van der Waals surface area (Å²) in [5, 5.41) is 23.0. The standard InChI is InChI=1S/C21H21N5O3/c1-3-24-20(26-15-8-9-16-14(10-15)11-25-19(16)22)18(27)17(23-2)12-4-6-13(7-5-12)21(28)29/h4-10,27H,2-3,11H2,1H3,(H2,22,25)(H,24,26)(H,28,29)/b18-17+. The van der Waals surface area contributed by atoms with E-state index in [0.717, 1.165) is 16.8 Å². The van der Waals surface area contributed by atoms with Gasteiger partial charge < -0.3 is 21.3 Å². The maximum Gasteiger partial charge on any atom is 0.335 e. The van der Waals surface area contributed by atoms with Crippen LogP contribution in [0.15, 0.2) is 63.2 Å². The monoisotopic (exact) mass is 391 g/mol. The molecule has 0 amide bonds. The van der Waals surface area contributed by atoms with Gasteiger partial charge in [-0.3, -0.25) is 15.0 Å². The van der Waals surface area contributed by atoms with Gasteiger partial charge >= 0.3 is 5.97 Å². The number of aliphatic imine (C=N–C) groups is 3. The van der Waals surface area contributed by atoms with Crippen LogP contribution >= 0.6 is 0 Å². The van der Waals surface area contributed by atoms with Gasteiger partial charge in [-0.05, 0) is 49.5 Å². The Hall–Kier alpha value is -3.94. The van der Waals surface area contributed by atoms with Crippen molar-refractivity contribution in [3.8, 4) is 0 Å². The highest BCUT2D eigenvalue weighted by molar-refractivity contribution is 6.11. The van der Waals surface area contributed by atoms with Crippen LogP contribution in [0.25, 0.3) is 5.70 Å². The summed E-state index contributed by atoms with van der Waals surface area (Å²) in [6.07, 6.45) is 0. The molecule has 8 nitrogen and oxygen atoms in total. The smallest absolute Gasteiger partial charge is 0.335 e. The quantitative estimate of drug-likeness (QED) is 0.341. The van der Waals surface area contributed by atoms with E-state index in [9.17, 15) is 9.90 Å². The molecule has 0 aliphatic carbocycles. The van der Waals surface area contributed by atoms with E-state index >= 15 is 0 Å². The van der Waals surface area contributed by atoms with Crippen LogP contribution in [0.5, 0.6) is 0 Å². The highest BCUT2D eigenvalue weighted by Crippen LogP contribution is 2.24. The Morgan fingerprint density at radius 3 is 2.52 bits per heavy atom. The number of hydrogen-bond donors (Lipinski definition) is 4. The van der Waals surface area contributed by atoms with Crippen molar-refractivity contribution in [2.75, 3.05) is 11.9 Å². The number of nitrogens with zero attached hydrogens (tertiary/aromatic N) is 3. The van der Waals surface area contributed by atoms with E-state index in [1.807, 2.05) is 25.1 Å². The van der Waals surface area contributed by atoms with Gasteiger partial charge in [0.1, 0.15) is 11.5 Å². The summed E-state index contributed by atoms with van der Waals surface area (Å²) in [5.41, 5.74) is 9.29. The van der Waals surface area contributed by atoms with Crippen LogP contribution in [0.2, 0.25) is 0 Å². The van der Waals surface area contributed by atoms with Crippen molar-refractivity contribution in [3.05, 3.63) is 70.5 Å². The number of aliphatic hydroxyl groups is 1. The molecule has 0 atom stereocenters. The Morgan fingerprint density at radius 1 is 1.21 bits per heavy atom. The average Bonchev–Trinajstić information content (AvgIpc) is 3.08. The van der Waals surface area contributed by atoms with Gasteiger partial charge in [-0.25, -0.2) is 4.79 Å². The minimum absolute atomic E-state index is 0.136. The molecule has 0 saturated heterocycles. The number of fused-ring (bicyclic) bond motifs is 1. The molecule has 8 heteroatoms. The lowest BCUT2D eigenvalue weighted by Gasteiger charge is -2.13. The van der Waals surface area contributed by atoms with Gasteiger partial charge in [0, 0.05) is 23.4 Å². The normalized spacial score (nSPS) is 14.0. The first-order chi connectivity index (χ1) is 13.9. The fourth-order valence-electron chi connectivity index (χ4n) is 2.96. The van der Waals surface area contributed by atoms with E-state index in [1.165, 1.54) is 12.1 Å².